The summed E-state index contributed by atoms with van der Waals surface area (Å²) in [4.78, 5) is 22.2. The Morgan fingerprint density at radius 1 is 1.25 bits per heavy atom. The minimum absolute atomic E-state index is 0.0973. The van der Waals surface area contributed by atoms with Crippen LogP contribution in [0.2, 0.25) is 0 Å². The van der Waals surface area contributed by atoms with E-state index >= 15 is 0 Å². The van der Waals surface area contributed by atoms with Gasteiger partial charge in [0.25, 0.3) is 11.6 Å². The number of hydrogen-bond donors (Lipinski definition) is 2. The van der Waals surface area contributed by atoms with E-state index in [2.05, 4.69) is 24.5 Å². The summed E-state index contributed by atoms with van der Waals surface area (Å²) in [5.41, 5.74) is -0.0713. The highest BCUT2D eigenvalue weighted by atomic mass is 16.6. The highest BCUT2D eigenvalue weighted by Crippen LogP contribution is 2.16. The van der Waals surface area contributed by atoms with Crippen molar-refractivity contribution in [1.82, 2.24) is 10.6 Å². The van der Waals surface area contributed by atoms with Gasteiger partial charge in [-0.15, -0.1) is 0 Å². The highest BCUT2D eigenvalue weighted by molar-refractivity contribution is 5.98. The zero-order chi connectivity index (χ0) is 15.0. The molecule has 2 N–H and O–H groups in total. The fourth-order valence-corrected chi connectivity index (χ4v) is 1.95. The van der Waals surface area contributed by atoms with Crippen LogP contribution in [0.5, 0.6) is 0 Å². The van der Waals surface area contributed by atoms with E-state index in [1.807, 2.05) is 0 Å². The summed E-state index contributed by atoms with van der Waals surface area (Å²) in [6.45, 7) is 5.31. The Kier molecular flexibility index (Phi) is 6.66. The molecule has 0 aliphatic heterocycles. The van der Waals surface area contributed by atoms with Crippen LogP contribution in [0.1, 0.15) is 37.0 Å². The molecule has 0 aliphatic rings. The Morgan fingerprint density at radius 2 is 1.90 bits per heavy atom. The maximum absolute atomic E-state index is 11.9. The van der Waals surface area contributed by atoms with Gasteiger partial charge in [-0.2, -0.15) is 0 Å². The SMILES string of the molecule is CCC(CC)NCCNC(=O)c1ccccc1[N+](=O)[O-]. The average molecular weight is 279 g/mol. The molecule has 0 saturated carbocycles. The van der Waals surface area contributed by atoms with Crippen LogP contribution in [0, 0.1) is 10.1 Å². The second kappa shape index (κ2) is 8.27. The number of amides is 1. The predicted molar refractivity (Wildman–Crippen MR) is 77.8 cm³/mol. The third kappa shape index (κ3) is 4.62. The molecule has 1 rings (SSSR count). The number of hydrogen-bond acceptors (Lipinski definition) is 4. The van der Waals surface area contributed by atoms with Gasteiger partial charge in [0.05, 0.1) is 4.92 Å². The predicted octanol–water partition coefficient (Wildman–Crippen LogP) is 2.10. The van der Waals surface area contributed by atoms with Crippen LogP contribution >= 0.6 is 0 Å². The van der Waals surface area contributed by atoms with E-state index in [9.17, 15) is 14.9 Å². The van der Waals surface area contributed by atoms with Crippen LogP contribution in [-0.2, 0) is 0 Å². The Balaban J connectivity index is 2.50. The van der Waals surface area contributed by atoms with Crippen LogP contribution in [-0.4, -0.2) is 30.0 Å². The van der Waals surface area contributed by atoms with Crippen molar-refractivity contribution in [2.75, 3.05) is 13.1 Å². The molecule has 0 aliphatic carbocycles. The van der Waals surface area contributed by atoms with E-state index in [-0.39, 0.29) is 11.3 Å². The van der Waals surface area contributed by atoms with Crippen molar-refractivity contribution in [3.63, 3.8) is 0 Å². The Labute approximate surface area is 118 Å². The lowest BCUT2D eigenvalue weighted by Gasteiger charge is -2.14. The normalized spacial score (nSPS) is 10.6. The first-order valence-electron chi connectivity index (χ1n) is 6.85. The number of nitrogens with zero attached hydrogens (tertiary/aromatic N) is 1. The maximum Gasteiger partial charge on any atom is 0.282 e. The number of para-hydroxylation sites is 1. The smallest absolute Gasteiger partial charge is 0.282 e. The van der Waals surface area contributed by atoms with E-state index in [1.165, 1.54) is 12.1 Å². The summed E-state index contributed by atoms with van der Waals surface area (Å²) in [6.07, 6.45) is 2.07. The molecule has 1 aromatic carbocycles. The zero-order valence-corrected chi connectivity index (χ0v) is 11.9. The van der Waals surface area contributed by atoms with Gasteiger partial charge in [-0.25, -0.2) is 0 Å². The molecule has 0 atom stereocenters. The Hall–Kier alpha value is -1.95. The summed E-state index contributed by atoms with van der Waals surface area (Å²) >= 11 is 0. The molecule has 0 saturated heterocycles. The summed E-state index contributed by atoms with van der Waals surface area (Å²) in [5, 5.41) is 16.8. The number of benzene rings is 1. The van der Waals surface area contributed by atoms with Gasteiger partial charge in [-0.1, -0.05) is 26.0 Å². The Bertz CT molecular complexity index is 459. The van der Waals surface area contributed by atoms with Crippen molar-refractivity contribution < 1.29 is 9.72 Å². The molecule has 0 radical (unpaired) electrons. The molecule has 110 valence electrons. The quantitative estimate of drug-likeness (QED) is 0.433. The van der Waals surface area contributed by atoms with Crippen LogP contribution in [0.25, 0.3) is 0 Å². The number of rotatable bonds is 8. The third-order valence-corrected chi connectivity index (χ3v) is 3.17. The molecule has 0 bridgehead atoms. The average Bonchev–Trinajstić information content (AvgIpc) is 2.47. The van der Waals surface area contributed by atoms with Crippen LogP contribution in [0.4, 0.5) is 5.69 Å². The van der Waals surface area contributed by atoms with Crippen molar-refractivity contribution in [3.8, 4) is 0 Å². The molecule has 0 fully saturated rings. The van der Waals surface area contributed by atoms with Gasteiger partial charge < -0.3 is 10.6 Å². The molecular formula is C14H21N3O3. The standard InChI is InChI=1S/C14H21N3O3/c1-3-11(4-2)15-9-10-16-14(18)12-7-5-6-8-13(12)17(19)20/h5-8,11,15H,3-4,9-10H2,1-2H3,(H,16,18). The van der Waals surface area contributed by atoms with E-state index in [1.54, 1.807) is 12.1 Å². The second-order valence-electron chi connectivity index (χ2n) is 4.50. The lowest BCUT2D eigenvalue weighted by Crippen LogP contribution is -2.36. The van der Waals surface area contributed by atoms with Gasteiger partial charge in [-0.3, -0.25) is 14.9 Å². The lowest BCUT2D eigenvalue weighted by atomic mass is 10.1. The Morgan fingerprint density at radius 3 is 2.50 bits per heavy atom. The first-order valence-corrected chi connectivity index (χ1v) is 6.85. The first-order chi connectivity index (χ1) is 9.60. The van der Waals surface area contributed by atoms with E-state index in [4.69, 9.17) is 0 Å². The molecule has 1 amide bonds. The summed E-state index contributed by atoms with van der Waals surface area (Å²) in [7, 11) is 0. The van der Waals surface area contributed by atoms with Gasteiger partial charge in [-0.05, 0) is 18.9 Å². The first kappa shape index (κ1) is 16.1. The molecule has 1 aromatic rings. The van der Waals surface area contributed by atoms with E-state index in [0.717, 1.165) is 12.8 Å². The fraction of sp³-hybridized carbons (Fsp3) is 0.500. The molecule has 0 heterocycles. The van der Waals surface area contributed by atoms with Gasteiger partial charge in [0.1, 0.15) is 5.56 Å². The van der Waals surface area contributed by atoms with Crippen LogP contribution in [0.15, 0.2) is 24.3 Å². The summed E-state index contributed by atoms with van der Waals surface area (Å²) in [5.74, 6) is -0.413. The van der Waals surface area contributed by atoms with Crippen LogP contribution < -0.4 is 10.6 Å². The zero-order valence-electron chi connectivity index (χ0n) is 11.9. The van der Waals surface area contributed by atoms with Gasteiger partial charge in [0, 0.05) is 25.2 Å². The van der Waals surface area contributed by atoms with Gasteiger partial charge in [0.15, 0.2) is 0 Å². The minimum Gasteiger partial charge on any atom is -0.351 e. The number of carbonyl (C=O) groups is 1. The fourth-order valence-electron chi connectivity index (χ4n) is 1.95. The van der Waals surface area contributed by atoms with E-state index in [0.29, 0.717) is 19.1 Å². The van der Waals surface area contributed by atoms with Crippen LogP contribution in [0.3, 0.4) is 0 Å². The minimum atomic E-state index is -0.544. The molecule has 0 unspecified atom stereocenters. The third-order valence-electron chi connectivity index (χ3n) is 3.17. The monoisotopic (exact) mass is 279 g/mol. The number of nitro groups is 1. The van der Waals surface area contributed by atoms with Crippen molar-refractivity contribution in [3.05, 3.63) is 39.9 Å². The van der Waals surface area contributed by atoms with Crippen molar-refractivity contribution in [2.24, 2.45) is 0 Å². The molecule has 6 heteroatoms. The summed E-state index contributed by atoms with van der Waals surface area (Å²) < 4.78 is 0. The molecule has 6 nitrogen and oxygen atoms in total. The van der Waals surface area contributed by atoms with Gasteiger partial charge >= 0.3 is 0 Å². The molecule has 0 spiro atoms. The lowest BCUT2D eigenvalue weighted by molar-refractivity contribution is -0.385. The number of carbonyl (C=O) groups excluding carboxylic acids is 1. The largest absolute Gasteiger partial charge is 0.351 e. The van der Waals surface area contributed by atoms with Crippen molar-refractivity contribution >= 4 is 11.6 Å². The van der Waals surface area contributed by atoms with Gasteiger partial charge in [0.2, 0.25) is 0 Å². The second-order valence-corrected chi connectivity index (χ2v) is 4.50. The van der Waals surface area contributed by atoms with Crippen molar-refractivity contribution in [2.45, 2.75) is 32.7 Å². The number of nitrogens with one attached hydrogen (secondary N) is 2. The number of nitro benzene ring substituents is 1. The summed E-state index contributed by atoms with van der Waals surface area (Å²) in [6, 6.07) is 6.39. The molecular weight excluding hydrogens is 258 g/mol. The maximum atomic E-state index is 11.9. The van der Waals surface area contributed by atoms with E-state index < -0.39 is 10.8 Å². The molecule has 0 aromatic heterocycles. The van der Waals surface area contributed by atoms with Crippen molar-refractivity contribution in [1.29, 1.82) is 0 Å². The molecule has 20 heavy (non-hydrogen) atoms. The highest BCUT2D eigenvalue weighted by Gasteiger charge is 2.18. The topological polar surface area (TPSA) is 84.3 Å².